The third-order valence-electron chi connectivity index (χ3n) is 8.22. The van der Waals surface area contributed by atoms with Crippen LogP contribution in [0, 0.1) is 0 Å². The number of methoxy groups -OCH3 is 2. The Hall–Kier alpha value is -3.88. The normalized spacial score (nSPS) is 16.5. The number of amides is 1. The minimum absolute atomic E-state index is 0.0382. The summed E-state index contributed by atoms with van der Waals surface area (Å²) in [7, 11) is 3.05. The number of likely N-dealkylation sites (tertiary alicyclic amines) is 1. The van der Waals surface area contributed by atoms with Gasteiger partial charge in [0.2, 0.25) is 0 Å². The van der Waals surface area contributed by atoms with Crippen molar-refractivity contribution in [3.63, 3.8) is 0 Å². The summed E-state index contributed by atoms with van der Waals surface area (Å²) in [4.78, 5) is 30.0. The van der Waals surface area contributed by atoms with Gasteiger partial charge in [0.1, 0.15) is 17.6 Å². The van der Waals surface area contributed by atoms with E-state index in [0.717, 1.165) is 75.5 Å². The summed E-state index contributed by atoms with van der Waals surface area (Å²) in [6.07, 6.45) is 3.81. The molecule has 0 unspecified atom stereocenters. The molecule has 2 aliphatic rings. The van der Waals surface area contributed by atoms with E-state index in [9.17, 15) is 9.59 Å². The lowest BCUT2D eigenvalue weighted by molar-refractivity contribution is 0.0598. The first-order valence-corrected chi connectivity index (χ1v) is 14.8. The smallest absolute Gasteiger partial charge is 0.337 e. The van der Waals surface area contributed by atoms with E-state index in [4.69, 9.17) is 14.2 Å². The van der Waals surface area contributed by atoms with Crippen LogP contribution in [-0.2, 0) is 17.8 Å². The standard InChI is InChI=1S/C34H41N3O5/c1-40-30-12-8-26(9-13-30)24-37(29-14-18-35-19-15-29)33(38)28-4-3-5-32(22-28)42-31-16-20-36(21-17-31)23-25-6-10-27(11-7-25)34(39)41-2/h3-13,22,29,31,35H,14-21,23-24H2,1-2H3. The highest BCUT2D eigenvalue weighted by atomic mass is 16.5. The van der Waals surface area contributed by atoms with Crippen molar-refractivity contribution in [3.05, 3.63) is 95.1 Å². The van der Waals surface area contributed by atoms with Gasteiger partial charge in [0.25, 0.3) is 5.91 Å². The fourth-order valence-electron chi connectivity index (χ4n) is 5.78. The van der Waals surface area contributed by atoms with E-state index >= 15 is 0 Å². The predicted octanol–water partition coefficient (Wildman–Crippen LogP) is 4.92. The molecule has 3 aromatic rings. The van der Waals surface area contributed by atoms with Gasteiger partial charge in [-0.25, -0.2) is 4.79 Å². The molecule has 0 spiro atoms. The Morgan fingerprint density at radius 2 is 1.52 bits per heavy atom. The van der Waals surface area contributed by atoms with Gasteiger partial charge in [0.15, 0.2) is 0 Å². The molecule has 42 heavy (non-hydrogen) atoms. The second kappa shape index (κ2) is 14.3. The molecule has 0 aromatic heterocycles. The van der Waals surface area contributed by atoms with Gasteiger partial charge >= 0.3 is 5.97 Å². The van der Waals surface area contributed by atoms with Crippen molar-refractivity contribution in [2.24, 2.45) is 0 Å². The molecule has 8 nitrogen and oxygen atoms in total. The Balaban J connectivity index is 1.19. The van der Waals surface area contributed by atoms with Crippen LogP contribution in [0.5, 0.6) is 11.5 Å². The van der Waals surface area contributed by atoms with E-state index in [0.29, 0.717) is 17.7 Å². The quantitative estimate of drug-likeness (QED) is 0.346. The highest BCUT2D eigenvalue weighted by Crippen LogP contribution is 2.25. The largest absolute Gasteiger partial charge is 0.497 e. The number of benzene rings is 3. The van der Waals surface area contributed by atoms with Crippen LogP contribution in [0.4, 0.5) is 0 Å². The van der Waals surface area contributed by atoms with E-state index in [2.05, 4.69) is 10.2 Å². The number of hydrogen-bond acceptors (Lipinski definition) is 7. The lowest BCUT2D eigenvalue weighted by Crippen LogP contribution is -2.45. The highest BCUT2D eigenvalue weighted by Gasteiger charge is 2.27. The van der Waals surface area contributed by atoms with Gasteiger partial charge in [0, 0.05) is 37.8 Å². The Morgan fingerprint density at radius 3 is 2.19 bits per heavy atom. The lowest BCUT2D eigenvalue weighted by Gasteiger charge is -2.35. The summed E-state index contributed by atoms with van der Waals surface area (Å²) in [5, 5.41) is 3.41. The van der Waals surface area contributed by atoms with Crippen LogP contribution in [0.1, 0.15) is 57.5 Å². The molecule has 1 amide bonds. The average molecular weight is 572 g/mol. The third kappa shape index (κ3) is 7.69. The molecule has 0 saturated carbocycles. The second-order valence-corrected chi connectivity index (χ2v) is 11.1. The van der Waals surface area contributed by atoms with Gasteiger partial charge in [-0.05, 0) is 92.4 Å². The molecule has 3 aromatic carbocycles. The number of carbonyl (C=O) groups excluding carboxylic acids is 2. The van der Waals surface area contributed by atoms with E-state index in [1.165, 1.54) is 12.7 Å². The van der Waals surface area contributed by atoms with Gasteiger partial charge in [-0.15, -0.1) is 0 Å². The second-order valence-electron chi connectivity index (χ2n) is 11.1. The Labute approximate surface area is 248 Å². The Morgan fingerprint density at radius 1 is 0.833 bits per heavy atom. The molecule has 2 fully saturated rings. The van der Waals surface area contributed by atoms with E-state index in [-0.39, 0.29) is 24.0 Å². The molecule has 2 heterocycles. The van der Waals surface area contributed by atoms with Crippen molar-refractivity contribution in [3.8, 4) is 11.5 Å². The molecule has 2 aliphatic heterocycles. The van der Waals surface area contributed by atoms with Crippen molar-refractivity contribution in [2.75, 3.05) is 40.4 Å². The molecule has 222 valence electrons. The van der Waals surface area contributed by atoms with Crippen LogP contribution in [0.2, 0.25) is 0 Å². The number of ether oxygens (including phenoxy) is 3. The van der Waals surface area contributed by atoms with E-state index < -0.39 is 0 Å². The van der Waals surface area contributed by atoms with Crippen molar-refractivity contribution in [2.45, 2.75) is 50.9 Å². The first-order valence-electron chi connectivity index (χ1n) is 14.8. The summed E-state index contributed by atoms with van der Waals surface area (Å²) >= 11 is 0. The van der Waals surface area contributed by atoms with Crippen molar-refractivity contribution in [1.82, 2.24) is 15.1 Å². The van der Waals surface area contributed by atoms with Crippen LogP contribution in [-0.4, -0.2) is 74.2 Å². The van der Waals surface area contributed by atoms with Crippen LogP contribution in [0.3, 0.4) is 0 Å². The number of esters is 1. The molecular formula is C34H41N3O5. The molecule has 5 rings (SSSR count). The lowest BCUT2D eigenvalue weighted by atomic mass is 10.0. The zero-order chi connectivity index (χ0) is 29.3. The van der Waals surface area contributed by atoms with Crippen molar-refractivity contribution < 1.29 is 23.8 Å². The third-order valence-corrected chi connectivity index (χ3v) is 8.22. The molecule has 0 atom stereocenters. The molecule has 0 bridgehead atoms. The molecule has 0 aliphatic carbocycles. The summed E-state index contributed by atoms with van der Waals surface area (Å²) < 4.78 is 16.5. The molecule has 1 N–H and O–H groups in total. The van der Waals surface area contributed by atoms with E-state index in [1.54, 1.807) is 7.11 Å². The van der Waals surface area contributed by atoms with Crippen molar-refractivity contribution >= 4 is 11.9 Å². The topological polar surface area (TPSA) is 80.3 Å². The average Bonchev–Trinajstić information content (AvgIpc) is 3.05. The molecule has 8 heteroatoms. The van der Waals surface area contributed by atoms with Gasteiger partial charge in [-0.1, -0.05) is 30.3 Å². The molecular weight excluding hydrogens is 530 g/mol. The van der Waals surface area contributed by atoms with Crippen LogP contribution < -0.4 is 14.8 Å². The number of nitrogens with zero attached hydrogens (tertiary/aromatic N) is 2. The van der Waals surface area contributed by atoms with Gasteiger partial charge in [0.05, 0.1) is 19.8 Å². The van der Waals surface area contributed by atoms with Gasteiger partial charge in [-0.2, -0.15) is 0 Å². The Bertz CT molecular complexity index is 1310. The summed E-state index contributed by atoms with van der Waals surface area (Å²) in [5.74, 6) is 1.27. The van der Waals surface area contributed by atoms with Crippen LogP contribution >= 0.6 is 0 Å². The minimum atomic E-state index is -0.318. The monoisotopic (exact) mass is 571 g/mol. The maximum atomic E-state index is 13.9. The zero-order valence-electron chi connectivity index (χ0n) is 24.6. The maximum Gasteiger partial charge on any atom is 0.337 e. The van der Waals surface area contributed by atoms with Gasteiger partial charge < -0.3 is 24.4 Å². The van der Waals surface area contributed by atoms with Crippen LogP contribution in [0.25, 0.3) is 0 Å². The fourth-order valence-corrected chi connectivity index (χ4v) is 5.78. The maximum absolute atomic E-state index is 13.9. The SMILES string of the molecule is COC(=O)c1ccc(CN2CCC(Oc3cccc(C(=O)N(Cc4ccc(OC)cc4)C4CCNCC4)c3)CC2)cc1. The van der Waals surface area contributed by atoms with Gasteiger partial charge in [-0.3, -0.25) is 9.69 Å². The minimum Gasteiger partial charge on any atom is -0.497 e. The van der Waals surface area contributed by atoms with Crippen molar-refractivity contribution in [1.29, 1.82) is 0 Å². The summed E-state index contributed by atoms with van der Waals surface area (Å²) in [6.45, 7) is 5.07. The first kappa shape index (κ1) is 29.6. The number of nitrogens with one attached hydrogen (secondary N) is 1. The van der Waals surface area contributed by atoms with Crippen LogP contribution in [0.15, 0.2) is 72.8 Å². The summed E-state index contributed by atoms with van der Waals surface area (Å²) in [6, 6.07) is 23.4. The number of carbonyl (C=O) groups is 2. The number of hydrogen-bond donors (Lipinski definition) is 1. The fraction of sp³-hybridized carbons (Fsp3) is 0.412. The molecule has 2 saturated heterocycles. The summed E-state index contributed by atoms with van der Waals surface area (Å²) in [5.41, 5.74) is 3.48. The van der Waals surface area contributed by atoms with E-state index in [1.807, 2.05) is 77.7 Å². The zero-order valence-corrected chi connectivity index (χ0v) is 24.6. The number of piperidine rings is 2. The first-order chi connectivity index (χ1) is 20.5. The molecule has 0 radical (unpaired) electrons. The Kier molecular flexibility index (Phi) is 10.1. The number of rotatable bonds is 10. The highest BCUT2D eigenvalue weighted by molar-refractivity contribution is 5.95. The predicted molar refractivity (Wildman–Crippen MR) is 162 cm³/mol.